The number of hydrogen-bond donors (Lipinski definition) is 2. The van der Waals surface area contributed by atoms with Crippen molar-refractivity contribution >= 4 is 11.8 Å². The number of nitrogens with one attached hydrogen (secondary N) is 1. The Labute approximate surface area is 109 Å². The van der Waals surface area contributed by atoms with Crippen LogP contribution in [0.15, 0.2) is 0 Å². The summed E-state index contributed by atoms with van der Waals surface area (Å²) in [5.41, 5.74) is -0.315. The highest BCUT2D eigenvalue weighted by Crippen LogP contribution is 2.39. The largest absolute Gasteiger partial charge is 0.396 e. The molecular weight excluding hydrogens is 232 g/mol. The number of hydrogen-bond acceptors (Lipinski definition) is 4. The van der Waals surface area contributed by atoms with Crippen molar-refractivity contribution in [1.82, 2.24) is 5.32 Å². The average Bonchev–Trinajstić information content (AvgIpc) is 2.61. The highest BCUT2D eigenvalue weighted by atomic mass is 32.2. The molecule has 0 amide bonds. The van der Waals surface area contributed by atoms with E-state index in [1.165, 1.54) is 0 Å². The molecule has 3 unspecified atom stereocenters. The Kier molecular flexibility index (Phi) is 5.78. The number of aliphatic hydroxyl groups excluding tert-OH is 1. The van der Waals surface area contributed by atoms with Gasteiger partial charge in [-0.25, -0.2) is 0 Å². The Balaban J connectivity index is 2.47. The van der Waals surface area contributed by atoms with Crippen molar-refractivity contribution in [1.29, 1.82) is 5.26 Å². The molecule has 0 aromatic rings. The summed E-state index contributed by atoms with van der Waals surface area (Å²) in [6.07, 6.45) is 3.83. The Morgan fingerprint density at radius 3 is 2.76 bits per heavy atom. The third-order valence-electron chi connectivity index (χ3n) is 3.21. The summed E-state index contributed by atoms with van der Waals surface area (Å²) in [5, 5.41) is 22.7. The Morgan fingerprint density at radius 2 is 2.24 bits per heavy atom. The normalized spacial score (nSPS) is 30.5. The van der Waals surface area contributed by atoms with Crippen LogP contribution in [-0.4, -0.2) is 33.8 Å². The first-order valence-corrected chi connectivity index (χ1v) is 7.41. The van der Waals surface area contributed by atoms with Crippen LogP contribution in [0.4, 0.5) is 0 Å². The van der Waals surface area contributed by atoms with Crippen LogP contribution in [0, 0.1) is 11.3 Å². The predicted octanol–water partition coefficient (Wildman–Crippen LogP) is 2.30. The minimum atomic E-state index is -0.315. The van der Waals surface area contributed by atoms with Crippen LogP contribution in [0.25, 0.3) is 0 Å². The molecule has 2 N–H and O–H groups in total. The van der Waals surface area contributed by atoms with E-state index in [9.17, 15) is 5.26 Å². The van der Waals surface area contributed by atoms with Crippen molar-refractivity contribution in [2.75, 3.05) is 6.61 Å². The molecule has 17 heavy (non-hydrogen) atoms. The molecule has 1 aliphatic carbocycles. The topological polar surface area (TPSA) is 56.0 Å². The molecule has 0 bridgehead atoms. The van der Waals surface area contributed by atoms with Gasteiger partial charge in [0.1, 0.15) is 5.54 Å². The van der Waals surface area contributed by atoms with Gasteiger partial charge < -0.3 is 5.11 Å². The molecule has 3 nitrogen and oxygen atoms in total. The zero-order valence-electron chi connectivity index (χ0n) is 11.1. The van der Waals surface area contributed by atoms with Crippen LogP contribution < -0.4 is 5.32 Å². The van der Waals surface area contributed by atoms with Crippen molar-refractivity contribution in [3.63, 3.8) is 0 Å². The number of nitrogens with zero attached hydrogens (tertiary/aromatic N) is 1. The fraction of sp³-hybridized carbons (Fsp3) is 0.923. The van der Waals surface area contributed by atoms with Gasteiger partial charge in [0.2, 0.25) is 0 Å². The second kappa shape index (κ2) is 6.63. The molecule has 0 aromatic carbocycles. The van der Waals surface area contributed by atoms with Crippen molar-refractivity contribution in [2.45, 2.75) is 68.5 Å². The van der Waals surface area contributed by atoms with Crippen LogP contribution >= 0.6 is 11.8 Å². The minimum Gasteiger partial charge on any atom is -0.396 e. The van der Waals surface area contributed by atoms with Gasteiger partial charge in [0.15, 0.2) is 0 Å². The van der Waals surface area contributed by atoms with Crippen molar-refractivity contribution in [3.8, 4) is 6.07 Å². The van der Waals surface area contributed by atoms with Crippen LogP contribution in [0.3, 0.4) is 0 Å². The molecule has 0 radical (unpaired) electrons. The maximum absolute atomic E-state index is 9.36. The molecule has 0 aromatic heterocycles. The smallest absolute Gasteiger partial charge is 0.108 e. The minimum absolute atomic E-state index is 0.258. The number of thioether (sulfide) groups is 1. The van der Waals surface area contributed by atoms with Gasteiger partial charge in [0.25, 0.3) is 0 Å². The van der Waals surface area contributed by atoms with Crippen LogP contribution in [0.1, 0.15) is 46.5 Å². The molecule has 1 saturated carbocycles. The summed E-state index contributed by atoms with van der Waals surface area (Å²) in [6.45, 7) is 6.60. The fourth-order valence-electron chi connectivity index (χ4n) is 2.51. The van der Waals surface area contributed by atoms with E-state index in [0.29, 0.717) is 16.5 Å². The molecule has 98 valence electrons. The average molecular weight is 256 g/mol. The Bertz CT molecular complexity index is 277. The lowest BCUT2D eigenvalue weighted by molar-refractivity contribution is 0.289. The molecule has 1 fully saturated rings. The second-order valence-electron chi connectivity index (χ2n) is 5.32. The molecule has 3 atom stereocenters. The Hall–Kier alpha value is -0.240. The summed E-state index contributed by atoms with van der Waals surface area (Å²) < 4.78 is 0. The quantitative estimate of drug-likeness (QED) is 0.765. The summed E-state index contributed by atoms with van der Waals surface area (Å²) in [4.78, 5) is 0. The first-order chi connectivity index (χ1) is 8.01. The number of rotatable bonds is 6. The van der Waals surface area contributed by atoms with Gasteiger partial charge in [0, 0.05) is 23.1 Å². The molecule has 0 heterocycles. The maximum Gasteiger partial charge on any atom is 0.108 e. The van der Waals surface area contributed by atoms with Crippen LogP contribution in [-0.2, 0) is 0 Å². The van der Waals surface area contributed by atoms with Gasteiger partial charge in [0.05, 0.1) is 6.07 Å². The van der Waals surface area contributed by atoms with Crippen molar-refractivity contribution < 1.29 is 5.11 Å². The molecule has 4 heteroatoms. The lowest BCUT2D eigenvalue weighted by Crippen LogP contribution is -2.45. The first-order valence-electron chi connectivity index (χ1n) is 6.46. The summed E-state index contributed by atoms with van der Waals surface area (Å²) in [6, 6.07) is 2.83. The van der Waals surface area contributed by atoms with Gasteiger partial charge >= 0.3 is 0 Å². The van der Waals surface area contributed by atoms with Gasteiger partial charge in [-0.1, -0.05) is 6.92 Å². The maximum atomic E-state index is 9.36. The summed E-state index contributed by atoms with van der Waals surface area (Å²) in [7, 11) is 0. The first kappa shape index (κ1) is 14.8. The zero-order chi connectivity index (χ0) is 12.9. The lowest BCUT2D eigenvalue weighted by atomic mass is 9.99. The predicted molar refractivity (Wildman–Crippen MR) is 73.0 cm³/mol. The van der Waals surface area contributed by atoms with Gasteiger partial charge in [-0.15, -0.1) is 0 Å². The molecule has 0 saturated heterocycles. The monoisotopic (exact) mass is 256 g/mol. The van der Waals surface area contributed by atoms with E-state index in [-0.39, 0.29) is 12.1 Å². The third kappa shape index (κ3) is 4.50. The standard InChI is InChI=1S/C13H24N2OS/c1-10(2)15-13(9-14)6-4-12(8-13)17-11(3)5-7-16/h10-12,15-16H,4-8H2,1-3H3. The van der Waals surface area contributed by atoms with E-state index in [0.717, 1.165) is 25.7 Å². The Morgan fingerprint density at radius 1 is 1.53 bits per heavy atom. The molecular formula is C13H24N2OS. The SMILES string of the molecule is CC(C)NC1(C#N)CCC(SC(C)CCO)C1. The van der Waals surface area contributed by atoms with Crippen LogP contribution in [0.2, 0.25) is 0 Å². The fourth-order valence-corrected chi connectivity index (χ4v) is 4.05. The van der Waals surface area contributed by atoms with Crippen molar-refractivity contribution in [3.05, 3.63) is 0 Å². The van der Waals surface area contributed by atoms with E-state index in [1.54, 1.807) is 0 Å². The highest BCUT2D eigenvalue weighted by Gasteiger charge is 2.40. The third-order valence-corrected chi connectivity index (χ3v) is 4.70. The van der Waals surface area contributed by atoms with E-state index >= 15 is 0 Å². The number of aliphatic hydroxyl groups is 1. The van der Waals surface area contributed by atoms with Gasteiger partial charge in [-0.3, -0.25) is 5.32 Å². The second-order valence-corrected chi connectivity index (χ2v) is 7.06. The molecule has 1 rings (SSSR count). The molecule has 1 aliphatic rings. The molecule has 0 spiro atoms. The summed E-state index contributed by atoms with van der Waals surface area (Å²) in [5.74, 6) is 0. The van der Waals surface area contributed by atoms with E-state index in [2.05, 4.69) is 32.2 Å². The zero-order valence-corrected chi connectivity index (χ0v) is 11.9. The highest BCUT2D eigenvalue weighted by molar-refractivity contribution is 8.00. The van der Waals surface area contributed by atoms with Gasteiger partial charge in [-0.2, -0.15) is 17.0 Å². The number of nitriles is 1. The van der Waals surface area contributed by atoms with Gasteiger partial charge in [-0.05, 0) is 39.5 Å². The van der Waals surface area contributed by atoms with E-state index in [4.69, 9.17) is 5.11 Å². The van der Waals surface area contributed by atoms with E-state index < -0.39 is 0 Å². The van der Waals surface area contributed by atoms with Crippen molar-refractivity contribution in [2.24, 2.45) is 0 Å². The van der Waals surface area contributed by atoms with Crippen LogP contribution in [0.5, 0.6) is 0 Å². The lowest BCUT2D eigenvalue weighted by Gasteiger charge is -2.25. The van der Waals surface area contributed by atoms with E-state index in [1.807, 2.05) is 11.8 Å². The molecule has 0 aliphatic heterocycles. The summed E-state index contributed by atoms with van der Waals surface area (Å²) >= 11 is 1.93.